The number of nitrogens with one attached hydrogen (secondary N) is 1. The van der Waals surface area contributed by atoms with Gasteiger partial charge in [0.1, 0.15) is 0 Å². The zero-order valence-corrected chi connectivity index (χ0v) is 10.9. The highest BCUT2D eigenvalue weighted by Crippen LogP contribution is 2.18. The second-order valence-electron chi connectivity index (χ2n) is 3.59. The Hall–Kier alpha value is -1.88. The number of para-hydroxylation sites is 1. The molecule has 1 heterocycles. The monoisotopic (exact) mass is 262 g/mol. The lowest BCUT2D eigenvalue weighted by molar-refractivity contribution is 0.0527. The summed E-state index contributed by atoms with van der Waals surface area (Å²) < 4.78 is 5.02. The summed E-state index contributed by atoms with van der Waals surface area (Å²) in [5.41, 5.74) is 3.13. The van der Waals surface area contributed by atoms with Gasteiger partial charge < -0.3 is 10.1 Å². The van der Waals surface area contributed by atoms with Crippen molar-refractivity contribution in [3.05, 3.63) is 46.4 Å². The molecule has 1 N–H and O–H groups in total. The third-order valence-electron chi connectivity index (χ3n) is 2.36. The van der Waals surface area contributed by atoms with Gasteiger partial charge in [0.25, 0.3) is 0 Å². The van der Waals surface area contributed by atoms with Crippen LogP contribution >= 0.6 is 11.3 Å². The average Bonchev–Trinajstić information content (AvgIpc) is 2.90. The van der Waals surface area contributed by atoms with Crippen molar-refractivity contribution in [3.8, 4) is 0 Å². The highest BCUT2D eigenvalue weighted by molar-refractivity contribution is 7.09. The van der Waals surface area contributed by atoms with Crippen molar-refractivity contribution in [2.75, 3.05) is 11.9 Å². The fourth-order valence-electron chi connectivity index (χ4n) is 1.54. The summed E-state index contributed by atoms with van der Waals surface area (Å²) in [5.74, 6) is -0.301. The molecule has 0 bridgehead atoms. The average molecular weight is 262 g/mol. The Kier molecular flexibility index (Phi) is 4.30. The lowest BCUT2D eigenvalue weighted by Gasteiger charge is -2.10. The summed E-state index contributed by atoms with van der Waals surface area (Å²) in [7, 11) is 0. The number of thiazole rings is 1. The Balaban J connectivity index is 2.09. The molecule has 0 amide bonds. The van der Waals surface area contributed by atoms with Crippen molar-refractivity contribution < 1.29 is 9.53 Å². The van der Waals surface area contributed by atoms with Gasteiger partial charge in [-0.05, 0) is 19.1 Å². The van der Waals surface area contributed by atoms with Crippen LogP contribution < -0.4 is 5.32 Å². The van der Waals surface area contributed by atoms with E-state index in [4.69, 9.17) is 4.74 Å². The van der Waals surface area contributed by atoms with E-state index in [1.54, 1.807) is 29.8 Å². The van der Waals surface area contributed by atoms with Crippen LogP contribution in [0.25, 0.3) is 0 Å². The minimum Gasteiger partial charge on any atom is -0.462 e. The molecule has 0 aliphatic heterocycles. The van der Waals surface area contributed by atoms with Gasteiger partial charge in [-0.2, -0.15) is 0 Å². The van der Waals surface area contributed by atoms with Crippen molar-refractivity contribution in [3.63, 3.8) is 0 Å². The van der Waals surface area contributed by atoms with Crippen LogP contribution in [0.4, 0.5) is 5.69 Å². The quantitative estimate of drug-likeness (QED) is 0.842. The van der Waals surface area contributed by atoms with Gasteiger partial charge in [0.15, 0.2) is 0 Å². The summed E-state index contributed by atoms with van der Waals surface area (Å²) in [5, 5.41) is 3.22. The molecule has 4 nitrogen and oxygen atoms in total. The van der Waals surface area contributed by atoms with Crippen molar-refractivity contribution in [2.45, 2.75) is 13.5 Å². The van der Waals surface area contributed by atoms with Gasteiger partial charge in [0, 0.05) is 16.8 Å². The third kappa shape index (κ3) is 3.07. The number of benzene rings is 1. The number of anilines is 1. The molecule has 0 spiro atoms. The molecule has 94 valence electrons. The first-order valence-electron chi connectivity index (χ1n) is 5.68. The maximum Gasteiger partial charge on any atom is 0.340 e. The number of ether oxygens (including phenoxy) is 1. The Morgan fingerprint density at radius 3 is 3.00 bits per heavy atom. The highest BCUT2D eigenvalue weighted by Gasteiger charge is 2.11. The number of esters is 1. The van der Waals surface area contributed by atoms with E-state index in [2.05, 4.69) is 10.3 Å². The summed E-state index contributed by atoms with van der Waals surface area (Å²) in [6.07, 6.45) is 1.81. The SMILES string of the molecule is CCOC(=O)c1ccccc1NCc1cncs1. The summed E-state index contributed by atoms with van der Waals surface area (Å²) in [4.78, 5) is 16.9. The summed E-state index contributed by atoms with van der Waals surface area (Å²) in [6, 6.07) is 7.34. The van der Waals surface area contributed by atoms with Crippen LogP contribution in [0.3, 0.4) is 0 Å². The maximum atomic E-state index is 11.8. The van der Waals surface area contributed by atoms with Crippen LogP contribution in [0.1, 0.15) is 22.2 Å². The predicted molar refractivity (Wildman–Crippen MR) is 71.8 cm³/mol. The first-order valence-corrected chi connectivity index (χ1v) is 6.56. The molecule has 0 unspecified atom stereocenters. The minimum atomic E-state index is -0.301. The van der Waals surface area contributed by atoms with Crippen molar-refractivity contribution >= 4 is 23.0 Å². The van der Waals surface area contributed by atoms with E-state index in [1.165, 1.54) is 0 Å². The molecule has 0 aliphatic rings. The second-order valence-corrected chi connectivity index (χ2v) is 4.56. The van der Waals surface area contributed by atoms with Crippen LogP contribution in [-0.2, 0) is 11.3 Å². The molecule has 0 fully saturated rings. The van der Waals surface area contributed by atoms with E-state index in [1.807, 2.05) is 24.4 Å². The normalized spacial score (nSPS) is 10.1. The number of carbonyl (C=O) groups is 1. The lowest BCUT2D eigenvalue weighted by atomic mass is 10.2. The van der Waals surface area contributed by atoms with Crippen LogP contribution in [0.15, 0.2) is 36.0 Å². The first-order chi connectivity index (χ1) is 8.81. The number of nitrogens with zero attached hydrogens (tertiary/aromatic N) is 1. The van der Waals surface area contributed by atoms with Crippen LogP contribution in [-0.4, -0.2) is 17.6 Å². The van der Waals surface area contributed by atoms with E-state index < -0.39 is 0 Å². The van der Waals surface area contributed by atoms with Gasteiger partial charge in [-0.3, -0.25) is 4.98 Å². The van der Waals surface area contributed by atoms with Gasteiger partial charge in [-0.1, -0.05) is 12.1 Å². The number of carbonyl (C=O) groups excluding carboxylic acids is 1. The highest BCUT2D eigenvalue weighted by atomic mass is 32.1. The molecule has 18 heavy (non-hydrogen) atoms. The third-order valence-corrected chi connectivity index (χ3v) is 3.14. The molecule has 5 heteroatoms. The smallest absolute Gasteiger partial charge is 0.340 e. The maximum absolute atomic E-state index is 11.8. The Labute approximate surface area is 110 Å². The number of hydrogen-bond acceptors (Lipinski definition) is 5. The Morgan fingerprint density at radius 1 is 1.44 bits per heavy atom. The number of aromatic nitrogens is 1. The van der Waals surface area contributed by atoms with Crippen molar-refractivity contribution in [1.29, 1.82) is 0 Å². The van der Waals surface area contributed by atoms with E-state index in [0.717, 1.165) is 10.6 Å². The summed E-state index contributed by atoms with van der Waals surface area (Å²) >= 11 is 1.58. The van der Waals surface area contributed by atoms with Crippen molar-refractivity contribution in [2.24, 2.45) is 0 Å². The van der Waals surface area contributed by atoms with Crippen LogP contribution in [0.2, 0.25) is 0 Å². The number of rotatable bonds is 5. The molecule has 0 saturated heterocycles. The van der Waals surface area contributed by atoms with E-state index in [0.29, 0.717) is 18.7 Å². The molecule has 2 rings (SSSR count). The van der Waals surface area contributed by atoms with Gasteiger partial charge in [0.2, 0.25) is 0 Å². The number of hydrogen-bond donors (Lipinski definition) is 1. The van der Waals surface area contributed by atoms with Crippen LogP contribution in [0, 0.1) is 0 Å². The molecule has 0 radical (unpaired) electrons. The Morgan fingerprint density at radius 2 is 2.28 bits per heavy atom. The van der Waals surface area contributed by atoms with Crippen molar-refractivity contribution in [1.82, 2.24) is 4.98 Å². The molecular weight excluding hydrogens is 248 g/mol. The zero-order chi connectivity index (χ0) is 12.8. The fraction of sp³-hybridized carbons (Fsp3) is 0.231. The molecular formula is C13H14N2O2S. The first kappa shape index (κ1) is 12.6. The lowest BCUT2D eigenvalue weighted by Crippen LogP contribution is -2.09. The topological polar surface area (TPSA) is 51.2 Å². The Bertz CT molecular complexity index is 511. The fourth-order valence-corrected chi connectivity index (χ4v) is 2.07. The predicted octanol–water partition coefficient (Wildman–Crippen LogP) is 2.93. The van der Waals surface area contributed by atoms with E-state index >= 15 is 0 Å². The summed E-state index contributed by atoms with van der Waals surface area (Å²) in [6.45, 7) is 2.83. The molecule has 1 aromatic heterocycles. The molecule has 0 saturated carbocycles. The molecule has 2 aromatic rings. The van der Waals surface area contributed by atoms with Gasteiger partial charge in [-0.25, -0.2) is 4.79 Å². The largest absolute Gasteiger partial charge is 0.462 e. The molecule has 0 atom stereocenters. The zero-order valence-electron chi connectivity index (χ0n) is 10.1. The van der Waals surface area contributed by atoms with Gasteiger partial charge in [-0.15, -0.1) is 11.3 Å². The molecule has 0 aliphatic carbocycles. The van der Waals surface area contributed by atoms with Crippen LogP contribution in [0.5, 0.6) is 0 Å². The minimum absolute atomic E-state index is 0.301. The van der Waals surface area contributed by atoms with E-state index in [-0.39, 0.29) is 5.97 Å². The van der Waals surface area contributed by atoms with Gasteiger partial charge in [0.05, 0.1) is 24.2 Å². The standard InChI is InChI=1S/C13H14N2O2S/c1-2-17-13(16)11-5-3-4-6-12(11)15-8-10-7-14-9-18-10/h3-7,9,15H,2,8H2,1H3. The second kappa shape index (κ2) is 6.16. The van der Waals surface area contributed by atoms with Gasteiger partial charge >= 0.3 is 5.97 Å². The van der Waals surface area contributed by atoms with E-state index in [9.17, 15) is 4.79 Å². The molecule has 1 aromatic carbocycles.